The second kappa shape index (κ2) is 9.44. The normalized spacial score (nSPS) is 11.9. The zero-order valence-electron chi connectivity index (χ0n) is 18.1. The second-order valence-electron chi connectivity index (χ2n) is 8.01. The quantitative estimate of drug-likeness (QED) is 0.280. The number of amides is 1. The van der Waals surface area contributed by atoms with E-state index in [2.05, 4.69) is 32.8 Å². The van der Waals surface area contributed by atoms with Crippen LogP contribution in [-0.2, 0) is 11.4 Å². The van der Waals surface area contributed by atoms with Gasteiger partial charge < -0.3 is 10.1 Å². The van der Waals surface area contributed by atoms with Crippen LogP contribution in [0, 0.1) is 0 Å². The van der Waals surface area contributed by atoms with E-state index in [1.165, 1.54) is 0 Å². The van der Waals surface area contributed by atoms with Crippen molar-refractivity contribution in [2.75, 3.05) is 5.32 Å². The standard InChI is InChI=1S/C29H24NO2P/c31-29(28(33)25-16-8-14-21-11-6-7-15-24(21)25)30-26-17-22-12-4-5-13-23(22)18-27(26)32-19-20-9-2-1-3-10-20/h1-18,28H,19,33H2,(H,30,31). The predicted octanol–water partition coefficient (Wildman–Crippen LogP) is 7.13. The molecule has 0 fully saturated rings. The first-order chi connectivity index (χ1) is 16.2. The summed E-state index contributed by atoms with van der Waals surface area (Å²) in [4.78, 5) is 13.3. The fourth-order valence-corrected chi connectivity index (χ4v) is 4.42. The number of ether oxygens (including phenoxy) is 1. The summed E-state index contributed by atoms with van der Waals surface area (Å²) in [6, 6.07) is 36.3. The van der Waals surface area contributed by atoms with Gasteiger partial charge in [-0.1, -0.05) is 97.1 Å². The van der Waals surface area contributed by atoms with Gasteiger partial charge in [-0.25, -0.2) is 0 Å². The van der Waals surface area contributed by atoms with E-state index in [9.17, 15) is 4.79 Å². The second-order valence-corrected chi connectivity index (χ2v) is 8.67. The maximum absolute atomic E-state index is 13.3. The van der Waals surface area contributed by atoms with Crippen molar-refractivity contribution in [2.24, 2.45) is 0 Å². The van der Waals surface area contributed by atoms with Crippen LogP contribution in [0.2, 0.25) is 0 Å². The van der Waals surface area contributed by atoms with E-state index < -0.39 is 5.66 Å². The van der Waals surface area contributed by atoms with Gasteiger partial charge in [0.05, 0.1) is 11.3 Å². The van der Waals surface area contributed by atoms with Gasteiger partial charge in [-0.15, -0.1) is 9.24 Å². The molecule has 1 amide bonds. The van der Waals surface area contributed by atoms with Gasteiger partial charge in [-0.05, 0) is 44.8 Å². The Balaban J connectivity index is 1.45. The SMILES string of the molecule is O=C(Nc1cc2ccccc2cc1OCc1ccccc1)C(P)c1cccc2ccccc12. The average Bonchev–Trinajstić information content (AvgIpc) is 2.87. The summed E-state index contributed by atoms with van der Waals surface area (Å²) in [5, 5.41) is 7.42. The highest BCUT2D eigenvalue weighted by molar-refractivity contribution is 7.19. The summed E-state index contributed by atoms with van der Waals surface area (Å²) in [5.74, 6) is 0.553. The first kappa shape index (κ1) is 21.2. The van der Waals surface area contributed by atoms with Gasteiger partial charge in [-0.3, -0.25) is 4.79 Å². The van der Waals surface area contributed by atoms with E-state index >= 15 is 0 Å². The first-order valence-corrected chi connectivity index (χ1v) is 11.6. The summed E-state index contributed by atoms with van der Waals surface area (Å²) < 4.78 is 6.17. The molecule has 5 rings (SSSR count). The molecule has 0 heterocycles. The molecule has 0 spiro atoms. The number of rotatable bonds is 6. The number of hydrogen-bond donors (Lipinski definition) is 1. The molecule has 0 aliphatic rings. The third-order valence-electron chi connectivity index (χ3n) is 5.78. The number of anilines is 1. The molecule has 5 aromatic carbocycles. The zero-order chi connectivity index (χ0) is 22.6. The predicted molar refractivity (Wildman–Crippen MR) is 140 cm³/mol. The van der Waals surface area contributed by atoms with Crippen LogP contribution in [0.4, 0.5) is 5.69 Å². The van der Waals surface area contributed by atoms with Crippen molar-refractivity contribution in [3.05, 3.63) is 120 Å². The molecule has 33 heavy (non-hydrogen) atoms. The molecule has 0 aliphatic carbocycles. The molecule has 0 aromatic heterocycles. The summed E-state index contributed by atoms with van der Waals surface area (Å²) >= 11 is 0. The average molecular weight is 449 g/mol. The first-order valence-electron chi connectivity index (χ1n) is 10.9. The highest BCUT2D eigenvalue weighted by atomic mass is 31.0. The molecule has 162 valence electrons. The zero-order valence-corrected chi connectivity index (χ0v) is 19.2. The van der Waals surface area contributed by atoms with E-state index in [0.29, 0.717) is 18.0 Å². The van der Waals surface area contributed by atoms with Gasteiger partial charge in [0.2, 0.25) is 5.91 Å². The van der Waals surface area contributed by atoms with Crippen LogP contribution in [0.25, 0.3) is 21.5 Å². The van der Waals surface area contributed by atoms with Gasteiger partial charge >= 0.3 is 0 Å². The fourth-order valence-electron chi connectivity index (χ4n) is 4.05. The molecule has 0 aliphatic heterocycles. The summed E-state index contributed by atoms with van der Waals surface area (Å²) in [7, 11) is 2.69. The van der Waals surface area contributed by atoms with Gasteiger partial charge in [0.1, 0.15) is 12.4 Å². The Hall–Kier alpha value is -3.68. The lowest BCUT2D eigenvalue weighted by Crippen LogP contribution is -2.18. The Morgan fingerprint density at radius 3 is 2.18 bits per heavy atom. The topological polar surface area (TPSA) is 38.3 Å². The van der Waals surface area contributed by atoms with Crippen LogP contribution >= 0.6 is 9.24 Å². The van der Waals surface area contributed by atoms with E-state index in [4.69, 9.17) is 4.74 Å². The Morgan fingerprint density at radius 1 is 0.758 bits per heavy atom. The summed E-state index contributed by atoms with van der Waals surface area (Å²) in [6.45, 7) is 0.426. The molecule has 4 heteroatoms. The maximum atomic E-state index is 13.3. The monoisotopic (exact) mass is 449 g/mol. The fraction of sp³-hybridized carbons (Fsp3) is 0.0690. The molecule has 5 aromatic rings. The molecule has 0 saturated heterocycles. The number of carbonyl (C=O) groups is 1. The molecule has 1 N–H and O–H groups in total. The highest BCUT2D eigenvalue weighted by Gasteiger charge is 2.20. The summed E-state index contributed by atoms with van der Waals surface area (Å²) in [6.07, 6.45) is 0. The number of hydrogen-bond acceptors (Lipinski definition) is 2. The molecule has 2 unspecified atom stereocenters. The van der Waals surface area contributed by atoms with Gasteiger partial charge in [0, 0.05) is 0 Å². The minimum Gasteiger partial charge on any atom is -0.487 e. The minimum atomic E-state index is -0.399. The van der Waals surface area contributed by atoms with Crippen LogP contribution in [0.3, 0.4) is 0 Å². The Kier molecular flexibility index (Phi) is 6.06. The Bertz CT molecular complexity index is 1430. The third-order valence-corrected chi connectivity index (χ3v) is 6.45. The Labute approximate surface area is 195 Å². The molecule has 0 radical (unpaired) electrons. The van der Waals surface area contributed by atoms with Crippen molar-refractivity contribution in [1.82, 2.24) is 0 Å². The van der Waals surface area contributed by atoms with Crippen molar-refractivity contribution in [1.29, 1.82) is 0 Å². The highest BCUT2D eigenvalue weighted by Crippen LogP contribution is 2.35. The lowest BCUT2D eigenvalue weighted by Gasteiger charge is -2.18. The third kappa shape index (κ3) is 4.60. The van der Waals surface area contributed by atoms with Crippen LogP contribution < -0.4 is 10.1 Å². The molecule has 0 bridgehead atoms. The summed E-state index contributed by atoms with van der Waals surface area (Å²) in [5.41, 5.74) is 2.32. The van der Waals surface area contributed by atoms with Crippen molar-refractivity contribution in [3.63, 3.8) is 0 Å². The lowest BCUT2D eigenvalue weighted by molar-refractivity contribution is -0.115. The van der Waals surface area contributed by atoms with Crippen LogP contribution in [0.15, 0.2) is 109 Å². The molecule has 0 saturated carbocycles. The molecular formula is C29H24NO2P. The van der Waals surface area contributed by atoms with Crippen LogP contribution in [0.1, 0.15) is 16.8 Å². The van der Waals surface area contributed by atoms with Crippen molar-refractivity contribution >= 4 is 42.4 Å². The lowest BCUT2D eigenvalue weighted by atomic mass is 10.0. The maximum Gasteiger partial charge on any atom is 0.235 e. The molecule has 2 atom stereocenters. The number of fused-ring (bicyclic) bond motifs is 2. The van der Waals surface area contributed by atoms with Crippen LogP contribution in [0.5, 0.6) is 5.75 Å². The van der Waals surface area contributed by atoms with Crippen molar-refractivity contribution in [2.45, 2.75) is 12.3 Å². The van der Waals surface area contributed by atoms with Crippen molar-refractivity contribution in [3.8, 4) is 5.75 Å². The number of nitrogens with one attached hydrogen (secondary N) is 1. The van der Waals surface area contributed by atoms with E-state index in [-0.39, 0.29) is 5.91 Å². The van der Waals surface area contributed by atoms with Crippen molar-refractivity contribution < 1.29 is 9.53 Å². The number of benzene rings is 5. The number of carbonyl (C=O) groups excluding carboxylic acids is 1. The van der Waals surface area contributed by atoms with Crippen LogP contribution in [-0.4, -0.2) is 5.91 Å². The van der Waals surface area contributed by atoms with Gasteiger partial charge in [0.25, 0.3) is 0 Å². The van der Waals surface area contributed by atoms with Gasteiger partial charge in [0.15, 0.2) is 0 Å². The van der Waals surface area contributed by atoms with E-state index in [0.717, 1.165) is 32.7 Å². The minimum absolute atomic E-state index is 0.101. The van der Waals surface area contributed by atoms with Gasteiger partial charge in [-0.2, -0.15) is 0 Å². The smallest absolute Gasteiger partial charge is 0.235 e. The van der Waals surface area contributed by atoms with E-state index in [1.807, 2.05) is 91.0 Å². The Morgan fingerprint density at radius 2 is 1.39 bits per heavy atom. The molecular weight excluding hydrogens is 425 g/mol. The largest absolute Gasteiger partial charge is 0.487 e. The molecule has 3 nitrogen and oxygen atoms in total. The van der Waals surface area contributed by atoms with E-state index in [1.54, 1.807) is 0 Å².